The molecule has 1 aromatic carbocycles. The molecule has 4 heteroatoms. The number of hydrogen-bond acceptors (Lipinski definition) is 2. The summed E-state index contributed by atoms with van der Waals surface area (Å²) in [5, 5.41) is 7.59. The summed E-state index contributed by atoms with van der Waals surface area (Å²) < 4.78 is 0. The molecule has 0 aliphatic rings. The zero-order chi connectivity index (χ0) is 8.43. The van der Waals surface area contributed by atoms with E-state index in [1.165, 1.54) is 0 Å². The molecule has 1 aromatic rings. The van der Waals surface area contributed by atoms with Crippen molar-refractivity contribution in [2.75, 3.05) is 5.73 Å². The highest BCUT2D eigenvalue weighted by Crippen LogP contribution is 2.15. The predicted octanol–water partition coefficient (Wildman–Crippen LogP) is 1.21. The summed E-state index contributed by atoms with van der Waals surface area (Å²) in [5.74, 6) is -0.0285. The van der Waals surface area contributed by atoms with Gasteiger partial charge in [-0.3, -0.25) is 5.41 Å². The van der Waals surface area contributed by atoms with E-state index in [2.05, 4.69) is 0 Å². The fourth-order valence-corrected chi connectivity index (χ4v) is 1.01. The monoisotopic (exact) mass is 169 g/mol. The van der Waals surface area contributed by atoms with Crippen LogP contribution in [0, 0.1) is 5.41 Å². The van der Waals surface area contributed by atoms with Crippen molar-refractivity contribution in [2.24, 2.45) is 5.73 Å². The molecule has 0 atom stereocenters. The van der Waals surface area contributed by atoms with Gasteiger partial charge in [-0.05, 0) is 18.2 Å². The predicted molar refractivity (Wildman–Crippen MR) is 46.9 cm³/mol. The van der Waals surface area contributed by atoms with Crippen molar-refractivity contribution in [3.8, 4) is 0 Å². The second-order valence-corrected chi connectivity index (χ2v) is 2.62. The van der Waals surface area contributed by atoms with Crippen molar-refractivity contribution < 1.29 is 0 Å². The van der Waals surface area contributed by atoms with Crippen LogP contribution in [0.1, 0.15) is 5.56 Å². The molecule has 1 rings (SSSR count). The molecule has 0 saturated heterocycles. The third kappa shape index (κ3) is 1.85. The fraction of sp³-hybridized carbons (Fsp3) is 0. The SMILES string of the molecule is N=C(N)c1cc(N)cc(Cl)c1. The topological polar surface area (TPSA) is 75.9 Å². The number of hydrogen-bond donors (Lipinski definition) is 3. The van der Waals surface area contributed by atoms with Gasteiger partial charge in [0, 0.05) is 16.3 Å². The van der Waals surface area contributed by atoms with Crippen LogP contribution in [-0.4, -0.2) is 5.84 Å². The van der Waals surface area contributed by atoms with Gasteiger partial charge in [0.15, 0.2) is 0 Å². The lowest BCUT2D eigenvalue weighted by Crippen LogP contribution is -2.11. The van der Waals surface area contributed by atoms with Gasteiger partial charge < -0.3 is 11.5 Å². The molecule has 0 amide bonds. The number of rotatable bonds is 1. The summed E-state index contributed by atoms with van der Waals surface area (Å²) in [4.78, 5) is 0. The minimum absolute atomic E-state index is 0.0285. The van der Waals surface area contributed by atoms with Crippen LogP contribution in [0.25, 0.3) is 0 Å². The van der Waals surface area contributed by atoms with Gasteiger partial charge in [-0.1, -0.05) is 11.6 Å². The molecular weight excluding hydrogens is 162 g/mol. The molecule has 3 nitrogen and oxygen atoms in total. The van der Waals surface area contributed by atoms with E-state index >= 15 is 0 Å². The Hall–Kier alpha value is -1.22. The van der Waals surface area contributed by atoms with Gasteiger partial charge in [0.1, 0.15) is 5.84 Å². The molecule has 0 bridgehead atoms. The first kappa shape index (κ1) is 7.88. The number of halogens is 1. The largest absolute Gasteiger partial charge is 0.399 e. The van der Waals surface area contributed by atoms with Crippen LogP contribution in [0.2, 0.25) is 5.02 Å². The molecule has 0 heterocycles. The van der Waals surface area contributed by atoms with Crippen molar-refractivity contribution in [2.45, 2.75) is 0 Å². The van der Waals surface area contributed by atoms with E-state index in [4.69, 9.17) is 28.5 Å². The fourth-order valence-electron chi connectivity index (χ4n) is 0.768. The Labute approximate surface area is 69.5 Å². The maximum absolute atomic E-state index is 7.09. The van der Waals surface area contributed by atoms with E-state index in [1.54, 1.807) is 18.2 Å². The lowest BCUT2D eigenvalue weighted by Gasteiger charge is -2.00. The van der Waals surface area contributed by atoms with Crippen molar-refractivity contribution in [1.82, 2.24) is 0 Å². The summed E-state index contributed by atoms with van der Waals surface area (Å²) in [6, 6.07) is 4.81. The van der Waals surface area contributed by atoms with Crippen molar-refractivity contribution in [3.05, 3.63) is 28.8 Å². The second-order valence-electron chi connectivity index (χ2n) is 2.19. The average Bonchev–Trinajstić information content (AvgIpc) is 1.85. The van der Waals surface area contributed by atoms with Crippen LogP contribution in [0.5, 0.6) is 0 Å². The van der Waals surface area contributed by atoms with Gasteiger partial charge in [-0.2, -0.15) is 0 Å². The molecule has 0 fully saturated rings. The minimum Gasteiger partial charge on any atom is -0.399 e. The first-order chi connectivity index (χ1) is 5.09. The van der Waals surface area contributed by atoms with E-state index in [0.29, 0.717) is 16.3 Å². The van der Waals surface area contributed by atoms with Gasteiger partial charge in [0.05, 0.1) is 0 Å². The Balaban J connectivity index is 3.19. The van der Waals surface area contributed by atoms with E-state index < -0.39 is 0 Å². The number of nitrogen functional groups attached to an aromatic ring is 2. The van der Waals surface area contributed by atoms with E-state index in [-0.39, 0.29) is 5.84 Å². The zero-order valence-corrected chi connectivity index (χ0v) is 6.52. The second kappa shape index (κ2) is 2.80. The maximum Gasteiger partial charge on any atom is 0.122 e. The summed E-state index contributed by atoms with van der Waals surface area (Å²) in [6.45, 7) is 0. The van der Waals surface area contributed by atoms with Gasteiger partial charge in [0.25, 0.3) is 0 Å². The number of nitrogens with two attached hydrogens (primary N) is 2. The third-order valence-electron chi connectivity index (χ3n) is 1.23. The highest BCUT2D eigenvalue weighted by molar-refractivity contribution is 6.31. The van der Waals surface area contributed by atoms with E-state index in [1.807, 2.05) is 0 Å². The standard InChI is InChI=1S/C7H8ClN3/c8-5-1-4(7(10)11)2-6(9)3-5/h1-3H,9H2,(H3,10,11). The maximum atomic E-state index is 7.09. The molecule has 0 spiro atoms. The van der Waals surface area contributed by atoms with Crippen molar-refractivity contribution in [3.63, 3.8) is 0 Å². The van der Waals surface area contributed by atoms with Gasteiger partial charge >= 0.3 is 0 Å². The van der Waals surface area contributed by atoms with Crippen LogP contribution in [0.3, 0.4) is 0 Å². The van der Waals surface area contributed by atoms with Crippen molar-refractivity contribution in [1.29, 1.82) is 5.41 Å². The van der Waals surface area contributed by atoms with Crippen LogP contribution >= 0.6 is 11.6 Å². The Kier molecular flexibility index (Phi) is 2.01. The Morgan fingerprint density at radius 3 is 2.45 bits per heavy atom. The lowest BCUT2D eigenvalue weighted by molar-refractivity contribution is 1.42. The molecule has 0 aliphatic carbocycles. The minimum atomic E-state index is -0.0285. The normalized spacial score (nSPS) is 9.55. The molecule has 0 aromatic heterocycles. The first-order valence-corrected chi connectivity index (χ1v) is 3.38. The highest BCUT2D eigenvalue weighted by Gasteiger charge is 1.98. The number of benzene rings is 1. The van der Waals surface area contributed by atoms with Gasteiger partial charge in [-0.25, -0.2) is 0 Å². The summed E-state index contributed by atoms with van der Waals surface area (Å²) in [6.07, 6.45) is 0. The van der Waals surface area contributed by atoms with Crippen LogP contribution in [-0.2, 0) is 0 Å². The van der Waals surface area contributed by atoms with Gasteiger partial charge in [-0.15, -0.1) is 0 Å². The first-order valence-electron chi connectivity index (χ1n) is 3.00. The Morgan fingerprint density at radius 1 is 1.36 bits per heavy atom. The number of amidine groups is 1. The molecule has 5 N–H and O–H groups in total. The van der Waals surface area contributed by atoms with E-state index in [9.17, 15) is 0 Å². The summed E-state index contributed by atoms with van der Waals surface area (Å²) in [7, 11) is 0. The van der Waals surface area contributed by atoms with Crippen LogP contribution in [0.15, 0.2) is 18.2 Å². The molecule has 0 aliphatic heterocycles. The third-order valence-corrected chi connectivity index (χ3v) is 1.45. The molecule has 58 valence electrons. The van der Waals surface area contributed by atoms with Crippen LogP contribution in [0.4, 0.5) is 5.69 Å². The highest BCUT2D eigenvalue weighted by atomic mass is 35.5. The van der Waals surface area contributed by atoms with Crippen molar-refractivity contribution >= 4 is 23.1 Å². The van der Waals surface area contributed by atoms with E-state index in [0.717, 1.165) is 0 Å². The molecule has 0 radical (unpaired) electrons. The molecule has 0 unspecified atom stereocenters. The molecular formula is C7H8ClN3. The Bertz CT molecular complexity index is 275. The summed E-state index contributed by atoms with van der Waals surface area (Å²) >= 11 is 5.66. The number of nitrogens with one attached hydrogen (secondary N) is 1. The van der Waals surface area contributed by atoms with Crippen LogP contribution < -0.4 is 11.5 Å². The Morgan fingerprint density at radius 2 is 2.00 bits per heavy atom. The smallest absolute Gasteiger partial charge is 0.122 e. The quantitative estimate of drug-likeness (QED) is 0.336. The molecule has 11 heavy (non-hydrogen) atoms. The van der Waals surface area contributed by atoms with Gasteiger partial charge in [0.2, 0.25) is 0 Å². The number of anilines is 1. The lowest BCUT2D eigenvalue weighted by atomic mass is 10.2. The summed E-state index contributed by atoms with van der Waals surface area (Å²) in [5.41, 5.74) is 11.7. The average molecular weight is 170 g/mol. The zero-order valence-electron chi connectivity index (χ0n) is 5.76. The molecule has 0 saturated carbocycles.